The number of nitrogens with one attached hydrogen (secondary N) is 1. The minimum Gasteiger partial charge on any atom is -0.445 e. The summed E-state index contributed by atoms with van der Waals surface area (Å²) in [5.74, 6) is 0. The molecule has 146 valence electrons. The molecule has 0 saturated heterocycles. The standard InChI is InChI=1S/C21H34N2O3/c1-23(2)15-7-4-8-16-25-20-13-11-19(12-14-20)22-21(24)26-17-18-9-5-3-6-10-18/h3,5-6,9-10,19-20H,4,7-8,11-17H2,1-2H3,(H,22,24). The van der Waals surface area contributed by atoms with E-state index in [1.807, 2.05) is 30.3 Å². The number of alkyl carbamates (subject to hydrolysis) is 1. The zero-order valence-corrected chi connectivity index (χ0v) is 16.3. The summed E-state index contributed by atoms with van der Waals surface area (Å²) < 4.78 is 11.3. The molecular formula is C21H34N2O3. The molecule has 1 aromatic carbocycles. The van der Waals surface area contributed by atoms with Crippen LogP contribution in [0, 0.1) is 0 Å². The molecule has 1 N–H and O–H groups in total. The molecule has 0 radical (unpaired) electrons. The van der Waals surface area contributed by atoms with Crippen LogP contribution in [0.5, 0.6) is 0 Å². The Labute approximate surface area is 158 Å². The van der Waals surface area contributed by atoms with E-state index in [0.717, 1.165) is 50.8 Å². The van der Waals surface area contributed by atoms with Crippen LogP contribution in [0.1, 0.15) is 50.5 Å². The van der Waals surface area contributed by atoms with Gasteiger partial charge in [0, 0.05) is 12.6 Å². The Kier molecular flexibility index (Phi) is 9.50. The summed E-state index contributed by atoms with van der Waals surface area (Å²) in [6.07, 6.45) is 7.58. The normalized spacial score (nSPS) is 20.1. The molecule has 0 aliphatic heterocycles. The van der Waals surface area contributed by atoms with Crippen LogP contribution in [0.2, 0.25) is 0 Å². The van der Waals surface area contributed by atoms with Crippen LogP contribution in [0.4, 0.5) is 4.79 Å². The molecule has 0 bridgehead atoms. The fraction of sp³-hybridized carbons (Fsp3) is 0.667. The van der Waals surface area contributed by atoms with Crippen molar-refractivity contribution < 1.29 is 14.3 Å². The number of carbonyl (C=O) groups excluding carboxylic acids is 1. The van der Waals surface area contributed by atoms with Gasteiger partial charge in [-0.3, -0.25) is 0 Å². The van der Waals surface area contributed by atoms with Crippen molar-refractivity contribution in [3.05, 3.63) is 35.9 Å². The van der Waals surface area contributed by atoms with Gasteiger partial charge in [0.05, 0.1) is 6.10 Å². The Balaban J connectivity index is 1.50. The second-order valence-electron chi connectivity index (χ2n) is 7.41. The summed E-state index contributed by atoms with van der Waals surface area (Å²) in [7, 11) is 4.22. The molecule has 0 heterocycles. The average molecular weight is 363 g/mol. The van der Waals surface area contributed by atoms with E-state index < -0.39 is 0 Å². The first kappa shape index (κ1) is 20.7. The lowest BCUT2D eigenvalue weighted by atomic mass is 9.93. The molecule has 0 spiro atoms. The molecule has 1 aliphatic rings. The number of hydrogen-bond donors (Lipinski definition) is 1. The largest absolute Gasteiger partial charge is 0.445 e. The summed E-state index contributed by atoms with van der Waals surface area (Å²) in [6, 6.07) is 9.96. The maximum absolute atomic E-state index is 11.9. The summed E-state index contributed by atoms with van der Waals surface area (Å²) in [5.41, 5.74) is 1.00. The SMILES string of the molecule is CN(C)CCCCCOC1CCC(NC(=O)OCc2ccccc2)CC1. The Morgan fingerprint density at radius 3 is 2.50 bits per heavy atom. The lowest BCUT2D eigenvalue weighted by Gasteiger charge is -2.29. The minimum atomic E-state index is -0.320. The fourth-order valence-electron chi connectivity index (χ4n) is 3.26. The van der Waals surface area contributed by atoms with E-state index in [1.165, 1.54) is 12.8 Å². The van der Waals surface area contributed by atoms with Crippen molar-refractivity contribution in [3.8, 4) is 0 Å². The summed E-state index contributed by atoms with van der Waals surface area (Å²) >= 11 is 0. The Bertz CT molecular complexity index is 499. The molecule has 1 aromatic rings. The van der Waals surface area contributed by atoms with E-state index in [-0.39, 0.29) is 12.1 Å². The summed E-state index contributed by atoms with van der Waals surface area (Å²) in [4.78, 5) is 14.1. The van der Waals surface area contributed by atoms with Crippen LogP contribution in [0.3, 0.4) is 0 Å². The molecule has 0 unspecified atom stereocenters. The molecule has 5 nitrogen and oxygen atoms in total. The second kappa shape index (κ2) is 11.9. The summed E-state index contributed by atoms with van der Waals surface area (Å²) in [5, 5.41) is 2.98. The van der Waals surface area contributed by atoms with Crippen LogP contribution in [-0.2, 0) is 16.1 Å². The number of ether oxygens (including phenoxy) is 2. The van der Waals surface area contributed by atoms with Crippen molar-refractivity contribution in [1.29, 1.82) is 0 Å². The van der Waals surface area contributed by atoms with E-state index >= 15 is 0 Å². The van der Waals surface area contributed by atoms with Gasteiger partial charge in [-0.25, -0.2) is 4.79 Å². The molecule has 1 amide bonds. The maximum atomic E-state index is 11.9. The predicted octanol–water partition coefficient (Wildman–Crippen LogP) is 3.97. The number of hydrogen-bond acceptors (Lipinski definition) is 4. The van der Waals surface area contributed by atoms with Crippen molar-refractivity contribution in [2.24, 2.45) is 0 Å². The molecule has 2 rings (SSSR count). The first-order chi connectivity index (χ1) is 12.6. The van der Waals surface area contributed by atoms with Crippen molar-refractivity contribution in [2.45, 2.75) is 63.7 Å². The highest BCUT2D eigenvalue weighted by Gasteiger charge is 2.23. The zero-order chi connectivity index (χ0) is 18.6. The van der Waals surface area contributed by atoms with Gasteiger partial charge in [-0.05, 0) is 71.1 Å². The van der Waals surface area contributed by atoms with Gasteiger partial charge >= 0.3 is 6.09 Å². The van der Waals surface area contributed by atoms with E-state index in [9.17, 15) is 4.79 Å². The first-order valence-corrected chi connectivity index (χ1v) is 9.87. The van der Waals surface area contributed by atoms with Gasteiger partial charge in [0.1, 0.15) is 6.61 Å². The number of benzene rings is 1. The topological polar surface area (TPSA) is 50.8 Å². The molecule has 1 fully saturated rings. The van der Waals surface area contributed by atoms with Gasteiger partial charge in [-0.1, -0.05) is 30.3 Å². The van der Waals surface area contributed by atoms with Gasteiger partial charge in [-0.15, -0.1) is 0 Å². The molecule has 0 atom stereocenters. The van der Waals surface area contributed by atoms with Crippen LogP contribution in [0.15, 0.2) is 30.3 Å². The van der Waals surface area contributed by atoms with Crippen LogP contribution in [0.25, 0.3) is 0 Å². The highest BCUT2D eigenvalue weighted by Crippen LogP contribution is 2.21. The zero-order valence-electron chi connectivity index (χ0n) is 16.3. The van der Waals surface area contributed by atoms with E-state index in [0.29, 0.717) is 12.7 Å². The number of amides is 1. The molecule has 5 heteroatoms. The van der Waals surface area contributed by atoms with E-state index in [2.05, 4.69) is 24.3 Å². The first-order valence-electron chi connectivity index (χ1n) is 9.87. The number of unbranched alkanes of at least 4 members (excludes halogenated alkanes) is 2. The van der Waals surface area contributed by atoms with E-state index in [1.54, 1.807) is 0 Å². The van der Waals surface area contributed by atoms with Gasteiger partial charge in [0.25, 0.3) is 0 Å². The third-order valence-corrected chi connectivity index (χ3v) is 4.81. The fourth-order valence-corrected chi connectivity index (χ4v) is 3.26. The minimum absolute atomic E-state index is 0.207. The molecule has 1 saturated carbocycles. The lowest BCUT2D eigenvalue weighted by Crippen LogP contribution is -2.39. The molecule has 0 aromatic heterocycles. The monoisotopic (exact) mass is 362 g/mol. The Morgan fingerprint density at radius 2 is 1.81 bits per heavy atom. The molecular weight excluding hydrogens is 328 g/mol. The number of carbonyl (C=O) groups is 1. The van der Waals surface area contributed by atoms with Crippen molar-refractivity contribution in [3.63, 3.8) is 0 Å². The van der Waals surface area contributed by atoms with Gasteiger partial charge < -0.3 is 19.7 Å². The third-order valence-electron chi connectivity index (χ3n) is 4.81. The van der Waals surface area contributed by atoms with Gasteiger partial charge in [0.2, 0.25) is 0 Å². The predicted molar refractivity (Wildman–Crippen MR) is 104 cm³/mol. The van der Waals surface area contributed by atoms with E-state index in [4.69, 9.17) is 9.47 Å². The highest BCUT2D eigenvalue weighted by molar-refractivity contribution is 5.67. The van der Waals surface area contributed by atoms with Crippen LogP contribution >= 0.6 is 0 Å². The molecule has 26 heavy (non-hydrogen) atoms. The quantitative estimate of drug-likeness (QED) is 0.640. The van der Waals surface area contributed by atoms with Crippen LogP contribution < -0.4 is 5.32 Å². The highest BCUT2D eigenvalue weighted by atomic mass is 16.5. The third kappa shape index (κ3) is 8.68. The Morgan fingerprint density at radius 1 is 1.08 bits per heavy atom. The number of rotatable bonds is 10. The van der Waals surface area contributed by atoms with Crippen LogP contribution in [-0.4, -0.2) is 50.4 Å². The smallest absolute Gasteiger partial charge is 0.407 e. The van der Waals surface area contributed by atoms with Crippen molar-refractivity contribution >= 4 is 6.09 Å². The second-order valence-corrected chi connectivity index (χ2v) is 7.41. The lowest BCUT2D eigenvalue weighted by molar-refractivity contribution is 0.0199. The number of nitrogens with zero attached hydrogens (tertiary/aromatic N) is 1. The van der Waals surface area contributed by atoms with Gasteiger partial charge in [0.15, 0.2) is 0 Å². The van der Waals surface area contributed by atoms with Gasteiger partial charge in [-0.2, -0.15) is 0 Å². The maximum Gasteiger partial charge on any atom is 0.407 e. The Hall–Kier alpha value is -1.59. The van der Waals surface area contributed by atoms with Crippen molar-refractivity contribution in [2.75, 3.05) is 27.2 Å². The van der Waals surface area contributed by atoms with Crippen molar-refractivity contribution in [1.82, 2.24) is 10.2 Å². The average Bonchev–Trinajstić information content (AvgIpc) is 2.65. The summed E-state index contributed by atoms with van der Waals surface area (Å²) in [6.45, 7) is 2.32. The molecule has 1 aliphatic carbocycles.